The highest BCUT2D eigenvalue weighted by Crippen LogP contribution is 2.37. The van der Waals surface area contributed by atoms with Crippen molar-refractivity contribution in [2.75, 3.05) is 0 Å². The fraction of sp³-hybridized carbons (Fsp3) is 0.474. The van der Waals surface area contributed by atoms with E-state index in [1.54, 1.807) is 0 Å². The molecule has 4 nitrogen and oxygen atoms in total. The Kier molecular flexibility index (Phi) is 10.5. The van der Waals surface area contributed by atoms with Crippen LogP contribution in [0.25, 0.3) is 43.6 Å². The Morgan fingerprint density at radius 3 is 1.21 bits per heavy atom. The van der Waals surface area contributed by atoms with Gasteiger partial charge in [-0.15, -0.1) is 0 Å². The topological polar surface area (TPSA) is 44.0 Å². The van der Waals surface area contributed by atoms with Gasteiger partial charge in [0.05, 0.1) is 22.1 Å². The van der Waals surface area contributed by atoms with Gasteiger partial charge in [-0.1, -0.05) is 127 Å². The summed E-state index contributed by atoms with van der Waals surface area (Å²) in [7, 11) is 0. The largest absolute Gasteiger partial charge is 0.280 e. The van der Waals surface area contributed by atoms with Crippen LogP contribution in [0.5, 0.6) is 0 Å². The first-order valence-corrected chi connectivity index (χ1v) is 16.7. The van der Waals surface area contributed by atoms with E-state index in [0.29, 0.717) is 12.8 Å². The molecule has 0 saturated heterocycles. The lowest BCUT2D eigenvalue weighted by Crippen LogP contribution is -2.10. The fourth-order valence-corrected chi connectivity index (χ4v) is 6.66. The van der Waals surface area contributed by atoms with Gasteiger partial charge in [0.2, 0.25) is 11.8 Å². The summed E-state index contributed by atoms with van der Waals surface area (Å²) in [6, 6.07) is 20.8. The van der Waals surface area contributed by atoms with E-state index in [4.69, 9.17) is 0 Å². The van der Waals surface area contributed by atoms with Crippen molar-refractivity contribution in [3.8, 4) is 0 Å². The molecule has 0 N–H and O–H groups in total. The van der Waals surface area contributed by atoms with E-state index >= 15 is 0 Å². The van der Waals surface area contributed by atoms with Gasteiger partial charge in [-0.05, 0) is 37.1 Å². The molecule has 222 valence electrons. The molecule has 4 heteroatoms. The Labute approximate surface area is 251 Å². The summed E-state index contributed by atoms with van der Waals surface area (Å²) in [6.07, 6.45) is 17.8. The van der Waals surface area contributed by atoms with Crippen molar-refractivity contribution < 1.29 is 9.59 Å². The summed E-state index contributed by atoms with van der Waals surface area (Å²) in [5.41, 5.74) is 3.80. The molecule has 0 fully saturated rings. The second-order valence-corrected chi connectivity index (χ2v) is 12.1. The number of hydrogen-bond acceptors (Lipinski definition) is 2. The van der Waals surface area contributed by atoms with Gasteiger partial charge < -0.3 is 0 Å². The SMILES string of the molecule is CCCCCCCCCC(=O)n1c2ccccc2c2cc3c(cc21)c1ccccc1n3C(=O)CCCCCCCCC. The van der Waals surface area contributed by atoms with Crippen LogP contribution in [0.3, 0.4) is 0 Å². The molecule has 0 unspecified atom stereocenters. The number of carbonyl (C=O) groups is 2. The minimum absolute atomic E-state index is 0.160. The van der Waals surface area contributed by atoms with Gasteiger partial charge >= 0.3 is 0 Å². The first-order valence-electron chi connectivity index (χ1n) is 16.7. The molecule has 0 aliphatic rings. The van der Waals surface area contributed by atoms with Crippen LogP contribution in [0, 0.1) is 0 Å². The molecule has 42 heavy (non-hydrogen) atoms. The first-order chi connectivity index (χ1) is 20.7. The van der Waals surface area contributed by atoms with E-state index in [1.807, 2.05) is 33.4 Å². The predicted octanol–water partition coefficient (Wildman–Crippen LogP) is 11.5. The molecule has 2 heterocycles. The van der Waals surface area contributed by atoms with Crippen molar-refractivity contribution in [3.63, 3.8) is 0 Å². The van der Waals surface area contributed by atoms with Crippen molar-refractivity contribution >= 4 is 55.4 Å². The van der Waals surface area contributed by atoms with Gasteiger partial charge in [0.1, 0.15) is 0 Å². The number of carbonyl (C=O) groups excluding carboxylic acids is 2. The van der Waals surface area contributed by atoms with Crippen molar-refractivity contribution in [1.82, 2.24) is 9.13 Å². The van der Waals surface area contributed by atoms with Gasteiger partial charge in [-0.3, -0.25) is 18.7 Å². The summed E-state index contributed by atoms with van der Waals surface area (Å²) >= 11 is 0. The third kappa shape index (κ3) is 6.48. The molecule has 0 spiro atoms. The second kappa shape index (κ2) is 14.7. The molecular weight excluding hydrogens is 516 g/mol. The normalized spacial score (nSPS) is 11.9. The highest BCUT2D eigenvalue weighted by Gasteiger charge is 2.21. The summed E-state index contributed by atoms with van der Waals surface area (Å²) in [6.45, 7) is 4.48. The molecule has 3 aromatic carbocycles. The molecule has 5 rings (SSSR count). The molecule has 2 aromatic heterocycles. The number of hydrogen-bond donors (Lipinski definition) is 0. The number of benzene rings is 3. The van der Waals surface area contributed by atoms with E-state index < -0.39 is 0 Å². The highest BCUT2D eigenvalue weighted by molar-refractivity contribution is 6.22. The molecule has 0 amide bonds. The zero-order valence-corrected chi connectivity index (χ0v) is 25.8. The van der Waals surface area contributed by atoms with E-state index in [9.17, 15) is 9.59 Å². The Morgan fingerprint density at radius 2 is 0.810 bits per heavy atom. The van der Waals surface area contributed by atoms with E-state index in [0.717, 1.165) is 69.3 Å². The van der Waals surface area contributed by atoms with Crippen molar-refractivity contribution in [2.45, 2.75) is 117 Å². The Morgan fingerprint density at radius 1 is 0.452 bits per heavy atom. The number of nitrogens with zero attached hydrogens (tertiary/aromatic N) is 2. The van der Waals surface area contributed by atoms with Crippen LogP contribution >= 0.6 is 0 Å². The van der Waals surface area contributed by atoms with Gasteiger partial charge in [0.15, 0.2) is 0 Å². The average molecular weight is 565 g/mol. The molecule has 0 aliphatic carbocycles. The lowest BCUT2D eigenvalue weighted by Gasteiger charge is -2.08. The number of unbranched alkanes of at least 4 members (excludes halogenated alkanes) is 12. The van der Waals surface area contributed by atoms with Crippen molar-refractivity contribution in [3.05, 3.63) is 60.7 Å². The highest BCUT2D eigenvalue weighted by atomic mass is 16.2. The summed E-state index contributed by atoms with van der Waals surface area (Å²) in [5, 5.41) is 4.22. The lowest BCUT2D eigenvalue weighted by molar-refractivity contribution is 0.0900. The van der Waals surface area contributed by atoms with Crippen LogP contribution in [0.2, 0.25) is 0 Å². The third-order valence-corrected chi connectivity index (χ3v) is 8.95. The summed E-state index contributed by atoms with van der Waals surface area (Å²) in [5.74, 6) is 0.320. The van der Waals surface area contributed by atoms with Crippen LogP contribution < -0.4 is 0 Å². The number of aromatic nitrogens is 2. The lowest BCUT2D eigenvalue weighted by atomic mass is 10.1. The second-order valence-electron chi connectivity index (χ2n) is 12.1. The van der Waals surface area contributed by atoms with Gasteiger partial charge in [0.25, 0.3) is 0 Å². The molecule has 0 radical (unpaired) electrons. The number of fused-ring (bicyclic) bond motifs is 6. The smallest absolute Gasteiger partial charge is 0.231 e. The minimum Gasteiger partial charge on any atom is -0.280 e. The van der Waals surface area contributed by atoms with E-state index in [1.165, 1.54) is 64.2 Å². The quantitative estimate of drug-likeness (QED) is 0.112. The predicted molar refractivity (Wildman–Crippen MR) is 179 cm³/mol. The molecule has 0 atom stereocenters. The zero-order valence-electron chi connectivity index (χ0n) is 25.8. The molecule has 0 saturated carbocycles. The van der Waals surface area contributed by atoms with Crippen LogP contribution in [-0.2, 0) is 0 Å². The minimum atomic E-state index is 0.160. The summed E-state index contributed by atoms with van der Waals surface area (Å²) in [4.78, 5) is 27.4. The fourth-order valence-electron chi connectivity index (χ4n) is 6.66. The average Bonchev–Trinajstić information content (AvgIpc) is 3.51. The standard InChI is InChI=1S/C38H48N2O2/c1-3-5-7-9-11-13-15-25-37(41)39-33-23-19-17-21-29(33)31-28-36-32(27-35(31)39)30-22-18-20-24-34(30)40(36)38(42)26-16-14-12-10-8-6-4-2/h17-24,27-28H,3-16,25-26H2,1-2H3. The molecular formula is C38H48N2O2. The maximum absolute atomic E-state index is 13.7. The Balaban J connectivity index is 1.45. The van der Waals surface area contributed by atoms with Crippen molar-refractivity contribution in [1.29, 1.82) is 0 Å². The van der Waals surface area contributed by atoms with Crippen LogP contribution in [0.4, 0.5) is 0 Å². The zero-order chi connectivity index (χ0) is 29.3. The third-order valence-electron chi connectivity index (χ3n) is 8.95. The maximum atomic E-state index is 13.7. The molecule has 5 aromatic rings. The maximum Gasteiger partial charge on any atom is 0.231 e. The Hall–Kier alpha value is -3.40. The van der Waals surface area contributed by atoms with Crippen LogP contribution in [0.15, 0.2) is 60.7 Å². The van der Waals surface area contributed by atoms with Crippen LogP contribution in [0.1, 0.15) is 126 Å². The van der Waals surface area contributed by atoms with E-state index in [-0.39, 0.29) is 11.8 Å². The molecule has 0 aliphatic heterocycles. The van der Waals surface area contributed by atoms with Crippen molar-refractivity contribution in [2.24, 2.45) is 0 Å². The summed E-state index contributed by atoms with van der Waals surface area (Å²) < 4.78 is 3.88. The molecule has 0 bridgehead atoms. The van der Waals surface area contributed by atoms with Crippen LogP contribution in [-0.4, -0.2) is 20.9 Å². The first kappa shape index (κ1) is 30.1. The number of rotatable bonds is 16. The van der Waals surface area contributed by atoms with Gasteiger partial charge in [-0.25, -0.2) is 0 Å². The number of para-hydroxylation sites is 2. The van der Waals surface area contributed by atoms with Gasteiger partial charge in [-0.2, -0.15) is 0 Å². The van der Waals surface area contributed by atoms with Gasteiger partial charge in [0, 0.05) is 34.4 Å². The monoisotopic (exact) mass is 564 g/mol. The Bertz CT molecular complexity index is 1530. The van der Waals surface area contributed by atoms with E-state index in [2.05, 4.69) is 50.2 Å².